The van der Waals surface area contributed by atoms with E-state index in [0.717, 1.165) is 89.3 Å². The number of hydrogen-bond donors (Lipinski definition) is 2. The average Bonchev–Trinajstić information content (AvgIpc) is 3.41. The number of guanidine groups is 1. The van der Waals surface area contributed by atoms with E-state index in [-0.39, 0.29) is 5.60 Å². The molecule has 1 aromatic rings. The summed E-state index contributed by atoms with van der Waals surface area (Å²) in [5.41, 5.74) is 0.0770. The first-order valence-electron chi connectivity index (χ1n) is 10.9. The fourth-order valence-electron chi connectivity index (χ4n) is 4.25. The van der Waals surface area contributed by atoms with Crippen LogP contribution in [0.5, 0.6) is 0 Å². The monoisotopic (exact) mass is 422 g/mol. The Bertz CT molecular complexity index is 628. The molecule has 162 valence electrons. The highest BCUT2D eigenvalue weighted by atomic mass is 32.2. The van der Waals surface area contributed by atoms with E-state index in [9.17, 15) is 0 Å². The summed E-state index contributed by atoms with van der Waals surface area (Å²) in [6.45, 7) is 7.08. The Morgan fingerprint density at radius 2 is 2.24 bits per heavy atom. The Kier molecular flexibility index (Phi) is 7.76. The van der Waals surface area contributed by atoms with Crippen LogP contribution in [0.4, 0.5) is 0 Å². The maximum absolute atomic E-state index is 6.18. The predicted molar refractivity (Wildman–Crippen MR) is 117 cm³/mol. The Hall–Kier alpha value is -1.22. The lowest BCUT2D eigenvalue weighted by molar-refractivity contribution is -0.0679. The van der Waals surface area contributed by atoms with Gasteiger partial charge in [-0.15, -0.1) is 0 Å². The van der Waals surface area contributed by atoms with Crippen LogP contribution in [0.1, 0.15) is 25.0 Å². The van der Waals surface area contributed by atoms with Gasteiger partial charge in [-0.3, -0.25) is 9.89 Å². The molecular formula is C21H34N4O3S. The molecule has 3 aliphatic rings. The van der Waals surface area contributed by atoms with Gasteiger partial charge in [0.2, 0.25) is 0 Å². The van der Waals surface area contributed by atoms with Crippen molar-refractivity contribution in [3.63, 3.8) is 0 Å². The maximum atomic E-state index is 6.18. The molecule has 0 bridgehead atoms. The van der Waals surface area contributed by atoms with Gasteiger partial charge in [-0.25, -0.2) is 0 Å². The molecule has 0 radical (unpaired) electrons. The standard InChI is InChI=1S/C21H34N4O3S/c1-2-19(27-11-1)3-6-22-20(23-7-8-25-9-13-26-14-10-25)24-18-4-12-28-21(16-18)5-15-29-17-21/h1-2,11,18H,3-10,12-17H2,(H2,22,23,24). The molecule has 3 aliphatic heterocycles. The van der Waals surface area contributed by atoms with Crippen LogP contribution in [-0.2, 0) is 15.9 Å². The zero-order valence-corrected chi connectivity index (χ0v) is 18.1. The topological polar surface area (TPSA) is 71.3 Å². The maximum Gasteiger partial charge on any atom is 0.191 e. The van der Waals surface area contributed by atoms with Gasteiger partial charge >= 0.3 is 0 Å². The molecule has 0 aromatic carbocycles. The van der Waals surface area contributed by atoms with Crippen LogP contribution in [0, 0.1) is 0 Å². The van der Waals surface area contributed by atoms with Crippen molar-refractivity contribution in [1.82, 2.24) is 15.5 Å². The van der Waals surface area contributed by atoms with Crippen molar-refractivity contribution in [2.75, 3.05) is 64.1 Å². The van der Waals surface area contributed by atoms with E-state index in [2.05, 4.69) is 15.5 Å². The molecule has 1 spiro atoms. The Labute approximate surface area is 178 Å². The van der Waals surface area contributed by atoms with Crippen LogP contribution >= 0.6 is 11.8 Å². The second-order valence-electron chi connectivity index (χ2n) is 8.11. The summed E-state index contributed by atoms with van der Waals surface area (Å²) in [7, 11) is 0. The van der Waals surface area contributed by atoms with Crippen molar-refractivity contribution >= 4 is 17.7 Å². The summed E-state index contributed by atoms with van der Waals surface area (Å²) in [6, 6.07) is 4.37. The molecule has 2 unspecified atom stereocenters. The van der Waals surface area contributed by atoms with E-state index >= 15 is 0 Å². The van der Waals surface area contributed by atoms with Crippen LogP contribution in [-0.4, -0.2) is 86.6 Å². The lowest BCUT2D eigenvalue weighted by Gasteiger charge is -2.38. The van der Waals surface area contributed by atoms with Gasteiger partial charge < -0.3 is 24.5 Å². The quantitative estimate of drug-likeness (QED) is 0.512. The SMILES string of the molecule is c1coc(CCNC(=NCCN2CCOCC2)NC2CCOC3(CCSC3)C2)c1. The summed E-state index contributed by atoms with van der Waals surface area (Å²) in [5, 5.41) is 7.21. The number of nitrogens with zero attached hydrogens (tertiary/aromatic N) is 2. The van der Waals surface area contributed by atoms with Crippen molar-refractivity contribution in [2.24, 2.45) is 4.99 Å². The smallest absolute Gasteiger partial charge is 0.191 e. The molecule has 7 nitrogen and oxygen atoms in total. The first-order chi connectivity index (χ1) is 14.3. The number of thioether (sulfide) groups is 1. The van der Waals surface area contributed by atoms with Gasteiger partial charge in [0.1, 0.15) is 5.76 Å². The Balaban J connectivity index is 1.30. The average molecular weight is 423 g/mol. The molecular weight excluding hydrogens is 388 g/mol. The van der Waals surface area contributed by atoms with E-state index in [1.807, 2.05) is 23.9 Å². The van der Waals surface area contributed by atoms with E-state index < -0.39 is 0 Å². The highest BCUT2D eigenvalue weighted by Crippen LogP contribution is 2.38. The molecule has 1 aromatic heterocycles. The number of rotatable bonds is 7. The van der Waals surface area contributed by atoms with E-state index in [4.69, 9.17) is 18.9 Å². The molecule has 2 atom stereocenters. The number of furan rings is 1. The molecule has 0 aliphatic carbocycles. The van der Waals surface area contributed by atoms with E-state index in [1.165, 1.54) is 12.2 Å². The molecule has 3 fully saturated rings. The van der Waals surface area contributed by atoms with Crippen molar-refractivity contribution in [1.29, 1.82) is 0 Å². The number of aliphatic imine (C=N–C) groups is 1. The molecule has 4 heterocycles. The van der Waals surface area contributed by atoms with Crippen molar-refractivity contribution in [3.8, 4) is 0 Å². The molecule has 3 saturated heterocycles. The highest BCUT2D eigenvalue weighted by Gasteiger charge is 2.40. The summed E-state index contributed by atoms with van der Waals surface area (Å²) >= 11 is 2.02. The minimum Gasteiger partial charge on any atom is -0.469 e. The molecule has 0 saturated carbocycles. The molecule has 2 N–H and O–H groups in total. The Morgan fingerprint density at radius 3 is 3.03 bits per heavy atom. The van der Waals surface area contributed by atoms with Crippen LogP contribution < -0.4 is 10.6 Å². The van der Waals surface area contributed by atoms with Gasteiger partial charge in [-0.2, -0.15) is 11.8 Å². The third-order valence-corrected chi connectivity index (χ3v) is 7.16. The molecule has 4 rings (SSSR count). The minimum atomic E-state index is 0.0770. The summed E-state index contributed by atoms with van der Waals surface area (Å²) < 4.78 is 17.1. The molecule has 0 amide bonds. The minimum absolute atomic E-state index is 0.0770. The highest BCUT2D eigenvalue weighted by molar-refractivity contribution is 7.99. The molecule has 29 heavy (non-hydrogen) atoms. The van der Waals surface area contributed by atoms with Crippen LogP contribution in [0.25, 0.3) is 0 Å². The first kappa shape index (κ1) is 21.0. The largest absolute Gasteiger partial charge is 0.469 e. The van der Waals surface area contributed by atoms with Crippen molar-refractivity contribution in [2.45, 2.75) is 37.3 Å². The third kappa shape index (κ3) is 6.38. The fourth-order valence-corrected chi connectivity index (χ4v) is 5.63. The Morgan fingerprint density at radius 1 is 1.31 bits per heavy atom. The van der Waals surface area contributed by atoms with Gasteiger partial charge in [0.15, 0.2) is 5.96 Å². The zero-order chi connectivity index (χ0) is 19.8. The van der Waals surface area contributed by atoms with Gasteiger partial charge in [-0.05, 0) is 37.1 Å². The predicted octanol–water partition coefficient (Wildman–Crippen LogP) is 1.74. The van der Waals surface area contributed by atoms with E-state index in [1.54, 1.807) is 6.26 Å². The number of hydrogen-bond acceptors (Lipinski definition) is 6. The molecule has 8 heteroatoms. The van der Waals surface area contributed by atoms with Crippen LogP contribution in [0.15, 0.2) is 27.8 Å². The van der Waals surface area contributed by atoms with Crippen LogP contribution in [0.3, 0.4) is 0 Å². The van der Waals surface area contributed by atoms with Crippen LogP contribution in [0.2, 0.25) is 0 Å². The van der Waals surface area contributed by atoms with Crippen molar-refractivity contribution < 1.29 is 13.9 Å². The second-order valence-corrected chi connectivity index (χ2v) is 9.21. The summed E-state index contributed by atoms with van der Waals surface area (Å²) in [4.78, 5) is 7.30. The van der Waals surface area contributed by atoms with Gasteiger partial charge in [0.25, 0.3) is 0 Å². The summed E-state index contributed by atoms with van der Waals surface area (Å²) in [6.07, 6.45) is 5.86. The number of nitrogens with one attached hydrogen (secondary N) is 2. The second kappa shape index (κ2) is 10.7. The third-order valence-electron chi connectivity index (χ3n) is 5.93. The lowest BCUT2D eigenvalue weighted by Crippen LogP contribution is -2.52. The lowest BCUT2D eigenvalue weighted by atomic mass is 9.90. The van der Waals surface area contributed by atoms with Crippen molar-refractivity contribution in [3.05, 3.63) is 24.2 Å². The van der Waals surface area contributed by atoms with Gasteiger partial charge in [-0.1, -0.05) is 0 Å². The van der Waals surface area contributed by atoms with Gasteiger partial charge in [0.05, 0.1) is 31.6 Å². The number of ether oxygens (including phenoxy) is 2. The zero-order valence-electron chi connectivity index (χ0n) is 17.2. The number of morpholine rings is 1. The van der Waals surface area contributed by atoms with E-state index in [0.29, 0.717) is 6.04 Å². The fraction of sp³-hybridized carbons (Fsp3) is 0.762. The normalized spacial score (nSPS) is 28.7. The summed E-state index contributed by atoms with van der Waals surface area (Å²) in [5.74, 6) is 4.26. The van der Waals surface area contributed by atoms with Gasteiger partial charge in [0, 0.05) is 51.0 Å². The first-order valence-corrected chi connectivity index (χ1v) is 12.1.